The number of hydrogen-bond donors (Lipinski definition) is 1. The first-order valence-corrected chi connectivity index (χ1v) is 6.24. The van der Waals surface area contributed by atoms with Crippen LogP contribution in [0, 0.1) is 20.8 Å². The molecule has 0 saturated carbocycles. The van der Waals surface area contributed by atoms with Crippen LogP contribution in [-0.4, -0.2) is 9.97 Å². The van der Waals surface area contributed by atoms with Gasteiger partial charge in [0, 0.05) is 16.8 Å². The Morgan fingerprint density at radius 1 is 1.11 bits per heavy atom. The number of nitrogen functional groups attached to an aromatic ring is 1. The molecule has 1 aromatic carbocycles. The number of aromatic nitrogens is 2. The van der Waals surface area contributed by atoms with Crippen LogP contribution in [0.4, 0.5) is 5.82 Å². The first-order chi connectivity index (χ1) is 8.54. The summed E-state index contributed by atoms with van der Waals surface area (Å²) < 4.78 is 0. The van der Waals surface area contributed by atoms with Crippen LogP contribution in [0.25, 0.3) is 11.4 Å². The van der Waals surface area contributed by atoms with Crippen molar-refractivity contribution in [2.45, 2.75) is 34.1 Å². The summed E-state index contributed by atoms with van der Waals surface area (Å²) >= 11 is 0. The third-order valence-corrected chi connectivity index (χ3v) is 3.44. The van der Waals surface area contributed by atoms with E-state index in [9.17, 15) is 0 Å². The van der Waals surface area contributed by atoms with Crippen LogP contribution in [0.5, 0.6) is 0 Å². The molecule has 0 atom stereocenters. The Balaban J connectivity index is 2.62. The molecule has 2 N–H and O–H groups in total. The first-order valence-electron chi connectivity index (χ1n) is 6.24. The van der Waals surface area contributed by atoms with E-state index in [4.69, 9.17) is 5.73 Å². The van der Waals surface area contributed by atoms with Gasteiger partial charge in [-0.05, 0) is 38.3 Å². The second-order valence-electron chi connectivity index (χ2n) is 4.60. The summed E-state index contributed by atoms with van der Waals surface area (Å²) in [7, 11) is 0. The lowest BCUT2D eigenvalue weighted by molar-refractivity contribution is 1.01. The van der Waals surface area contributed by atoms with E-state index in [1.807, 2.05) is 19.1 Å². The Hall–Kier alpha value is -1.90. The van der Waals surface area contributed by atoms with Crippen LogP contribution in [-0.2, 0) is 6.42 Å². The summed E-state index contributed by atoms with van der Waals surface area (Å²) in [5.41, 5.74) is 11.5. The molecule has 0 amide bonds. The Labute approximate surface area is 108 Å². The highest BCUT2D eigenvalue weighted by Gasteiger charge is 2.11. The minimum Gasteiger partial charge on any atom is -0.383 e. The molecule has 0 aliphatic carbocycles. The van der Waals surface area contributed by atoms with Gasteiger partial charge in [0.1, 0.15) is 5.82 Å². The maximum absolute atomic E-state index is 6.01. The number of anilines is 1. The van der Waals surface area contributed by atoms with Crippen molar-refractivity contribution in [3.8, 4) is 11.4 Å². The smallest absolute Gasteiger partial charge is 0.162 e. The fourth-order valence-corrected chi connectivity index (χ4v) is 2.17. The van der Waals surface area contributed by atoms with E-state index in [0.29, 0.717) is 5.82 Å². The van der Waals surface area contributed by atoms with E-state index in [-0.39, 0.29) is 0 Å². The Bertz CT molecular complexity index is 565. The number of rotatable bonds is 2. The zero-order valence-electron chi connectivity index (χ0n) is 11.4. The summed E-state index contributed by atoms with van der Waals surface area (Å²) in [6.45, 7) is 8.24. The van der Waals surface area contributed by atoms with E-state index in [2.05, 4.69) is 36.8 Å². The molecular weight excluding hydrogens is 222 g/mol. The molecule has 3 nitrogen and oxygen atoms in total. The topological polar surface area (TPSA) is 51.8 Å². The third-order valence-electron chi connectivity index (χ3n) is 3.44. The highest BCUT2D eigenvalue weighted by atomic mass is 15.0. The van der Waals surface area contributed by atoms with Crippen LogP contribution in [0.3, 0.4) is 0 Å². The molecule has 2 aromatic rings. The van der Waals surface area contributed by atoms with Gasteiger partial charge in [0.25, 0.3) is 0 Å². The predicted molar refractivity (Wildman–Crippen MR) is 75.5 cm³/mol. The third kappa shape index (κ3) is 2.08. The second-order valence-corrected chi connectivity index (χ2v) is 4.60. The van der Waals surface area contributed by atoms with Crippen molar-refractivity contribution in [1.29, 1.82) is 0 Å². The molecule has 0 bridgehead atoms. The molecule has 0 aliphatic heterocycles. The lowest BCUT2D eigenvalue weighted by Crippen LogP contribution is -2.05. The van der Waals surface area contributed by atoms with E-state index < -0.39 is 0 Å². The number of benzene rings is 1. The normalized spacial score (nSPS) is 10.7. The van der Waals surface area contributed by atoms with Gasteiger partial charge in [-0.1, -0.05) is 25.1 Å². The molecule has 0 radical (unpaired) electrons. The predicted octanol–water partition coefficient (Wildman–Crippen LogP) is 3.21. The summed E-state index contributed by atoms with van der Waals surface area (Å²) in [6, 6.07) is 6.16. The van der Waals surface area contributed by atoms with Gasteiger partial charge in [-0.25, -0.2) is 9.97 Å². The standard InChI is InChI=1S/C15H19N3/c1-5-12-11(4)17-15(18-14(12)16)13-8-6-7-9(2)10(13)3/h6-8H,5H2,1-4H3,(H2,16,17,18). The highest BCUT2D eigenvalue weighted by molar-refractivity contribution is 5.64. The van der Waals surface area contributed by atoms with Gasteiger partial charge in [-0.15, -0.1) is 0 Å². The average molecular weight is 241 g/mol. The number of aryl methyl sites for hydroxylation is 2. The van der Waals surface area contributed by atoms with Crippen LogP contribution >= 0.6 is 0 Å². The molecular formula is C15H19N3. The maximum Gasteiger partial charge on any atom is 0.162 e. The molecule has 2 rings (SSSR count). The van der Waals surface area contributed by atoms with E-state index in [0.717, 1.165) is 29.1 Å². The van der Waals surface area contributed by atoms with Crippen molar-refractivity contribution in [1.82, 2.24) is 9.97 Å². The summed E-state index contributed by atoms with van der Waals surface area (Å²) in [5.74, 6) is 1.32. The quantitative estimate of drug-likeness (QED) is 0.878. The molecule has 0 saturated heterocycles. The Kier molecular flexibility index (Phi) is 3.32. The van der Waals surface area contributed by atoms with Crippen molar-refractivity contribution in [2.24, 2.45) is 0 Å². The second kappa shape index (κ2) is 4.77. The van der Waals surface area contributed by atoms with Gasteiger partial charge in [0.15, 0.2) is 5.82 Å². The van der Waals surface area contributed by atoms with Crippen molar-refractivity contribution in [3.63, 3.8) is 0 Å². The maximum atomic E-state index is 6.01. The minimum atomic E-state index is 0.598. The fourth-order valence-electron chi connectivity index (χ4n) is 2.17. The van der Waals surface area contributed by atoms with Crippen LogP contribution < -0.4 is 5.73 Å². The van der Waals surface area contributed by atoms with Gasteiger partial charge in [0.2, 0.25) is 0 Å². The average Bonchev–Trinajstić information content (AvgIpc) is 2.32. The zero-order chi connectivity index (χ0) is 13.3. The van der Waals surface area contributed by atoms with Crippen LogP contribution in [0.2, 0.25) is 0 Å². The van der Waals surface area contributed by atoms with Crippen molar-refractivity contribution in [2.75, 3.05) is 5.73 Å². The molecule has 0 unspecified atom stereocenters. The monoisotopic (exact) mass is 241 g/mol. The lowest BCUT2D eigenvalue weighted by atomic mass is 10.0. The zero-order valence-corrected chi connectivity index (χ0v) is 11.4. The number of nitrogens with two attached hydrogens (primary N) is 1. The SMILES string of the molecule is CCc1c(C)nc(-c2cccc(C)c2C)nc1N. The van der Waals surface area contributed by atoms with Crippen molar-refractivity contribution >= 4 is 5.82 Å². The van der Waals surface area contributed by atoms with E-state index in [1.54, 1.807) is 0 Å². The number of nitrogens with zero attached hydrogens (tertiary/aromatic N) is 2. The van der Waals surface area contributed by atoms with Crippen molar-refractivity contribution in [3.05, 3.63) is 40.6 Å². The van der Waals surface area contributed by atoms with Crippen LogP contribution in [0.1, 0.15) is 29.3 Å². The first kappa shape index (κ1) is 12.6. The fraction of sp³-hybridized carbons (Fsp3) is 0.333. The largest absolute Gasteiger partial charge is 0.383 e. The molecule has 1 aromatic heterocycles. The van der Waals surface area contributed by atoms with Gasteiger partial charge in [-0.3, -0.25) is 0 Å². The van der Waals surface area contributed by atoms with Gasteiger partial charge < -0.3 is 5.73 Å². The number of hydrogen-bond acceptors (Lipinski definition) is 3. The van der Waals surface area contributed by atoms with Gasteiger partial charge in [0.05, 0.1) is 0 Å². The van der Waals surface area contributed by atoms with Crippen LogP contribution in [0.15, 0.2) is 18.2 Å². The molecule has 1 heterocycles. The minimum absolute atomic E-state index is 0.598. The molecule has 3 heteroatoms. The summed E-state index contributed by atoms with van der Waals surface area (Å²) in [6.07, 6.45) is 0.866. The lowest BCUT2D eigenvalue weighted by Gasteiger charge is -2.11. The van der Waals surface area contributed by atoms with Crippen molar-refractivity contribution < 1.29 is 0 Å². The highest BCUT2D eigenvalue weighted by Crippen LogP contribution is 2.25. The Morgan fingerprint density at radius 2 is 1.83 bits per heavy atom. The summed E-state index contributed by atoms with van der Waals surface area (Å²) in [4.78, 5) is 9.03. The molecule has 0 aliphatic rings. The molecule has 94 valence electrons. The summed E-state index contributed by atoms with van der Waals surface area (Å²) in [5, 5.41) is 0. The van der Waals surface area contributed by atoms with Gasteiger partial charge >= 0.3 is 0 Å². The van der Waals surface area contributed by atoms with Gasteiger partial charge in [-0.2, -0.15) is 0 Å². The molecule has 0 fully saturated rings. The van der Waals surface area contributed by atoms with E-state index >= 15 is 0 Å². The molecule has 0 spiro atoms. The Morgan fingerprint density at radius 3 is 2.44 bits per heavy atom. The van der Waals surface area contributed by atoms with E-state index in [1.165, 1.54) is 11.1 Å². The molecule has 18 heavy (non-hydrogen) atoms.